The highest BCUT2D eigenvalue weighted by Crippen LogP contribution is 2.49. The molecule has 1 aliphatic heterocycles. The summed E-state index contributed by atoms with van der Waals surface area (Å²) in [5.74, 6) is -0.0485. The number of nitrogens with zero attached hydrogens (tertiary/aromatic N) is 4. The van der Waals surface area contributed by atoms with Gasteiger partial charge in [-0.25, -0.2) is 0 Å². The van der Waals surface area contributed by atoms with Crippen molar-refractivity contribution in [3.8, 4) is 0 Å². The Morgan fingerprint density at radius 2 is 2.00 bits per heavy atom. The number of anilines is 1. The van der Waals surface area contributed by atoms with Crippen LogP contribution < -0.4 is 10.2 Å². The van der Waals surface area contributed by atoms with Gasteiger partial charge in [-0.1, -0.05) is 41.5 Å². The third kappa shape index (κ3) is 4.89. The molecule has 36 heavy (non-hydrogen) atoms. The first-order valence-corrected chi connectivity index (χ1v) is 12.9. The van der Waals surface area contributed by atoms with Crippen LogP contribution in [-0.4, -0.2) is 44.0 Å². The second kappa shape index (κ2) is 10.8. The zero-order valence-corrected chi connectivity index (χ0v) is 20.7. The van der Waals surface area contributed by atoms with Gasteiger partial charge in [-0.3, -0.25) is 9.59 Å². The maximum absolute atomic E-state index is 14.1. The molecule has 8 heteroatoms. The van der Waals surface area contributed by atoms with E-state index in [4.69, 9.17) is 10.3 Å². The fourth-order valence-corrected chi connectivity index (χ4v) is 5.98. The van der Waals surface area contributed by atoms with Gasteiger partial charge in [0.2, 0.25) is 5.91 Å². The molecular weight excluding hydrogens is 454 g/mol. The van der Waals surface area contributed by atoms with Crippen molar-refractivity contribution in [3.63, 3.8) is 0 Å². The summed E-state index contributed by atoms with van der Waals surface area (Å²) in [5.41, 5.74) is 11.9. The molecule has 1 heterocycles. The number of ketones is 1. The molecule has 0 radical (unpaired) electrons. The number of methoxy groups -OCH3 is 1. The van der Waals surface area contributed by atoms with Crippen LogP contribution in [0.15, 0.2) is 53.6 Å². The van der Waals surface area contributed by atoms with E-state index < -0.39 is 0 Å². The van der Waals surface area contributed by atoms with Crippen molar-refractivity contribution in [1.82, 2.24) is 5.32 Å². The fraction of sp³-hybridized carbons (Fsp3) is 0.500. The summed E-state index contributed by atoms with van der Waals surface area (Å²) in [6, 6.07) is 15.8. The molecule has 5 rings (SSSR count). The second-order valence-corrected chi connectivity index (χ2v) is 10.2. The summed E-state index contributed by atoms with van der Waals surface area (Å²) in [5, 5.41) is 7.36. The Labute approximate surface area is 211 Å². The number of hydrogen-bond donors (Lipinski definition) is 1. The topological polar surface area (TPSA) is 107 Å². The summed E-state index contributed by atoms with van der Waals surface area (Å²) in [6.07, 6.45) is 4.31. The Morgan fingerprint density at radius 1 is 1.19 bits per heavy atom. The SMILES string of the molecule is COCCCNC1CC(c2ccccc2)C2C(=O)c3cc(CN=[N+]=[N-])ccc3N(C(=O)C3CC3)C2C1. The smallest absolute Gasteiger partial charge is 0.230 e. The minimum absolute atomic E-state index is 0.000753. The molecule has 2 saturated carbocycles. The monoisotopic (exact) mass is 487 g/mol. The van der Waals surface area contributed by atoms with Crippen molar-refractivity contribution in [1.29, 1.82) is 0 Å². The highest BCUT2D eigenvalue weighted by atomic mass is 16.5. The molecule has 0 saturated heterocycles. The van der Waals surface area contributed by atoms with Crippen molar-refractivity contribution in [2.45, 2.75) is 56.7 Å². The fourth-order valence-electron chi connectivity index (χ4n) is 5.98. The predicted molar refractivity (Wildman–Crippen MR) is 138 cm³/mol. The molecule has 2 fully saturated rings. The molecule has 1 N–H and O–H groups in total. The van der Waals surface area contributed by atoms with E-state index in [1.54, 1.807) is 7.11 Å². The van der Waals surface area contributed by atoms with Crippen molar-refractivity contribution >= 4 is 17.4 Å². The summed E-state index contributed by atoms with van der Waals surface area (Å²) < 4.78 is 5.21. The maximum Gasteiger partial charge on any atom is 0.230 e. The number of Topliss-reactive ketones (excluding diaryl/α,β-unsaturated/α-hetero) is 1. The third-order valence-electron chi connectivity index (χ3n) is 7.80. The van der Waals surface area contributed by atoms with E-state index in [0.29, 0.717) is 17.9 Å². The average molecular weight is 488 g/mol. The molecule has 0 spiro atoms. The van der Waals surface area contributed by atoms with Gasteiger partial charge in [-0.15, -0.1) is 0 Å². The van der Waals surface area contributed by atoms with Crippen molar-refractivity contribution < 1.29 is 14.3 Å². The van der Waals surface area contributed by atoms with Gasteiger partial charge in [0.15, 0.2) is 5.78 Å². The number of benzene rings is 2. The normalized spacial score (nSPS) is 25.0. The van der Waals surface area contributed by atoms with Crippen LogP contribution in [0.1, 0.15) is 59.5 Å². The van der Waals surface area contributed by atoms with E-state index in [-0.39, 0.29) is 48.1 Å². The highest BCUT2D eigenvalue weighted by molar-refractivity contribution is 6.12. The minimum Gasteiger partial charge on any atom is -0.385 e. The highest BCUT2D eigenvalue weighted by Gasteiger charge is 2.52. The standard InChI is InChI=1S/C28H33N5O3/c1-36-13-5-12-30-21-15-22(19-6-3-2-4-7-19)26-25(16-21)33(28(35)20-9-10-20)24-11-8-18(17-31-32-29)14-23(24)27(26)34/h2-4,6-8,11,14,20-22,25-26,30H,5,9-10,12-13,15-17H2,1H3. The second-order valence-electron chi connectivity index (χ2n) is 10.2. The van der Waals surface area contributed by atoms with Crippen LogP contribution in [0.25, 0.3) is 10.4 Å². The number of amides is 1. The summed E-state index contributed by atoms with van der Waals surface area (Å²) in [6.45, 7) is 1.71. The van der Waals surface area contributed by atoms with Crippen LogP contribution in [0.3, 0.4) is 0 Å². The van der Waals surface area contributed by atoms with Crippen LogP contribution in [0, 0.1) is 11.8 Å². The van der Waals surface area contributed by atoms with Crippen molar-refractivity contribution in [2.75, 3.05) is 25.2 Å². The molecule has 4 unspecified atom stereocenters. The Morgan fingerprint density at radius 3 is 2.72 bits per heavy atom. The largest absolute Gasteiger partial charge is 0.385 e. The molecule has 3 aliphatic rings. The van der Waals surface area contributed by atoms with E-state index in [1.165, 1.54) is 0 Å². The van der Waals surface area contributed by atoms with Crippen molar-refractivity contribution in [3.05, 3.63) is 75.7 Å². The Bertz CT molecular complexity index is 1160. The first-order chi connectivity index (χ1) is 17.6. The summed E-state index contributed by atoms with van der Waals surface area (Å²) in [4.78, 5) is 32.7. The van der Waals surface area contributed by atoms with Gasteiger partial charge in [-0.2, -0.15) is 0 Å². The Hall–Kier alpha value is -3.19. The molecular formula is C28H33N5O3. The van der Waals surface area contributed by atoms with E-state index in [0.717, 1.165) is 49.8 Å². The number of carbonyl (C=O) groups is 2. The predicted octanol–water partition coefficient (Wildman–Crippen LogP) is 4.99. The van der Waals surface area contributed by atoms with Gasteiger partial charge in [0.1, 0.15) is 0 Å². The van der Waals surface area contributed by atoms with Crippen molar-refractivity contribution in [2.24, 2.45) is 17.0 Å². The number of carbonyl (C=O) groups excluding carboxylic acids is 2. The first kappa shape index (κ1) is 24.5. The molecule has 2 aromatic rings. The van der Waals surface area contributed by atoms with Gasteiger partial charge in [0.25, 0.3) is 0 Å². The number of rotatable bonds is 9. The van der Waals surface area contributed by atoms with E-state index in [2.05, 4.69) is 27.5 Å². The molecule has 2 aliphatic carbocycles. The van der Waals surface area contributed by atoms with Crippen LogP contribution in [0.5, 0.6) is 0 Å². The Kier molecular flexibility index (Phi) is 7.37. The average Bonchev–Trinajstić information content (AvgIpc) is 3.76. The van der Waals surface area contributed by atoms with Gasteiger partial charge in [-0.05, 0) is 73.4 Å². The molecule has 2 aromatic carbocycles. The molecule has 188 valence electrons. The zero-order valence-electron chi connectivity index (χ0n) is 20.7. The minimum atomic E-state index is -0.311. The lowest BCUT2D eigenvalue weighted by Gasteiger charge is -2.49. The Balaban J connectivity index is 1.56. The third-order valence-corrected chi connectivity index (χ3v) is 7.80. The molecule has 1 amide bonds. The first-order valence-electron chi connectivity index (χ1n) is 12.9. The number of fused-ring (bicyclic) bond motifs is 2. The van der Waals surface area contributed by atoms with Crippen LogP contribution in [0.2, 0.25) is 0 Å². The van der Waals surface area contributed by atoms with Gasteiger partial charge >= 0.3 is 0 Å². The van der Waals surface area contributed by atoms with Crippen LogP contribution in [0.4, 0.5) is 5.69 Å². The zero-order chi connectivity index (χ0) is 25.1. The van der Waals surface area contributed by atoms with Crippen LogP contribution in [-0.2, 0) is 16.1 Å². The molecule has 0 bridgehead atoms. The lowest BCUT2D eigenvalue weighted by Crippen LogP contribution is -2.58. The lowest BCUT2D eigenvalue weighted by molar-refractivity contribution is -0.120. The van der Waals surface area contributed by atoms with Gasteiger partial charge < -0.3 is 15.0 Å². The number of ether oxygens (including phenoxy) is 1. The quantitative estimate of drug-likeness (QED) is 0.233. The maximum atomic E-state index is 14.1. The van der Waals surface area contributed by atoms with Crippen LogP contribution >= 0.6 is 0 Å². The summed E-state index contributed by atoms with van der Waals surface area (Å²) >= 11 is 0. The van der Waals surface area contributed by atoms with E-state index >= 15 is 0 Å². The molecule has 0 aromatic heterocycles. The number of nitrogens with one attached hydrogen (secondary N) is 1. The molecule has 8 nitrogen and oxygen atoms in total. The number of hydrogen-bond acceptors (Lipinski definition) is 5. The lowest BCUT2D eigenvalue weighted by atomic mass is 9.65. The number of azide groups is 1. The van der Waals surface area contributed by atoms with E-state index in [1.807, 2.05) is 41.3 Å². The molecule has 4 atom stereocenters. The summed E-state index contributed by atoms with van der Waals surface area (Å²) in [7, 11) is 1.71. The van der Waals surface area contributed by atoms with E-state index in [9.17, 15) is 9.59 Å². The van der Waals surface area contributed by atoms with Gasteiger partial charge in [0, 0.05) is 42.2 Å². The van der Waals surface area contributed by atoms with Gasteiger partial charge in [0.05, 0.1) is 18.2 Å².